The van der Waals surface area contributed by atoms with Crippen LogP contribution >= 0.6 is 11.3 Å². The first-order chi connectivity index (χ1) is 9.36. The smallest absolute Gasteiger partial charge is 0.0794 e. The van der Waals surface area contributed by atoms with Gasteiger partial charge in [0, 0.05) is 23.5 Å². The van der Waals surface area contributed by atoms with Crippen LogP contribution in [0.25, 0.3) is 10.8 Å². The molecule has 1 atom stereocenters. The fraction of sp³-hybridized carbons (Fsp3) is 0.188. The molecule has 96 valence electrons. The molecule has 1 unspecified atom stereocenters. The Balaban J connectivity index is 1.92. The van der Waals surface area contributed by atoms with Gasteiger partial charge in [-0.3, -0.25) is 4.98 Å². The summed E-state index contributed by atoms with van der Waals surface area (Å²) in [5, 5.41) is 5.99. The van der Waals surface area contributed by atoms with Gasteiger partial charge in [0.1, 0.15) is 0 Å². The van der Waals surface area contributed by atoms with Gasteiger partial charge in [-0.15, -0.1) is 11.3 Å². The largest absolute Gasteiger partial charge is 0.313 e. The van der Waals surface area contributed by atoms with Crippen LogP contribution in [0.2, 0.25) is 0 Å². The van der Waals surface area contributed by atoms with Crippen LogP contribution in [-0.4, -0.2) is 12.0 Å². The Morgan fingerprint density at radius 2 is 2.00 bits per heavy atom. The fourth-order valence-electron chi connectivity index (χ4n) is 2.36. The summed E-state index contributed by atoms with van der Waals surface area (Å²) in [6, 6.07) is 15.5. The van der Waals surface area contributed by atoms with E-state index in [2.05, 4.69) is 52.8 Å². The van der Waals surface area contributed by atoms with Crippen molar-refractivity contribution in [3.8, 4) is 0 Å². The standard InChI is InChI=1S/C16H16N2S/c1-17-16(9-15-10-18-11-19-15)14-7-6-12-4-2-3-5-13(12)8-14/h2-8,10-11,16-17H,9H2,1H3. The summed E-state index contributed by atoms with van der Waals surface area (Å²) in [6.45, 7) is 0. The van der Waals surface area contributed by atoms with Crippen LogP contribution in [0.15, 0.2) is 54.2 Å². The number of rotatable bonds is 4. The van der Waals surface area contributed by atoms with E-state index < -0.39 is 0 Å². The van der Waals surface area contributed by atoms with E-state index in [4.69, 9.17) is 0 Å². The monoisotopic (exact) mass is 268 g/mol. The van der Waals surface area contributed by atoms with E-state index >= 15 is 0 Å². The van der Waals surface area contributed by atoms with E-state index in [1.165, 1.54) is 21.2 Å². The van der Waals surface area contributed by atoms with Gasteiger partial charge in [0.05, 0.1) is 5.51 Å². The van der Waals surface area contributed by atoms with Gasteiger partial charge in [0.2, 0.25) is 0 Å². The Morgan fingerprint density at radius 1 is 1.16 bits per heavy atom. The molecule has 0 fully saturated rings. The van der Waals surface area contributed by atoms with Gasteiger partial charge in [-0.2, -0.15) is 0 Å². The number of nitrogens with zero attached hydrogens (tertiary/aromatic N) is 1. The number of hydrogen-bond acceptors (Lipinski definition) is 3. The van der Waals surface area contributed by atoms with E-state index in [9.17, 15) is 0 Å². The molecule has 0 saturated carbocycles. The van der Waals surface area contributed by atoms with Crippen molar-refractivity contribution in [2.24, 2.45) is 0 Å². The van der Waals surface area contributed by atoms with Crippen LogP contribution in [-0.2, 0) is 6.42 Å². The zero-order chi connectivity index (χ0) is 13.1. The number of benzene rings is 2. The van der Waals surface area contributed by atoms with Crippen LogP contribution in [0.5, 0.6) is 0 Å². The molecule has 1 N–H and O–H groups in total. The fourth-order valence-corrected chi connectivity index (χ4v) is 3.00. The van der Waals surface area contributed by atoms with Crippen molar-refractivity contribution < 1.29 is 0 Å². The molecule has 1 aromatic heterocycles. The minimum absolute atomic E-state index is 0.338. The molecule has 0 amide bonds. The Kier molecular flexibility index (Phi) is 3.58. The second kappa shape index (κ2) is 5.51. The van der Waals surface area contributed by atoms with Crippen LogP contribution in [0.3, 0.4) is 0 Å². The molecule has 0 bridgehead atoms. The Morgan fingerprint density at radius 3 is 2.74 bits per heavy atom. The number of aromatic nitrogens is 1. The second-order valence-corrected chi connectivity index (χ2v) is 5.59. The highest BCUT2D eigenvalue weighted by atomic mass is 32.1. The lowest BCUT2D eigenvalue weighted by atomic mass is 9.99. The van der Waals surface area contributed by atoms with Gasteiger partial charge >= 0.3 is 0 Å². The molecule has 0 aliphatic carbocycles. The molecule has 0 aliphatic heterocycles. The number of nitrogens with one attached hydrogen (secondary N) is 1. The highest BCUT2D eigenvalue weighted by Gasteiger charge is 2.11. The topological polar surface area (TPSA) is 24.9 Å². The minimum Gasteiger partial charge on any atom is -0.313 e. The van der Waals surface area contributed by atoms with Crippen molar-refractivity contribution in [2.45, 2.75) is 12.5 Å². The first-order valence-corrected chi connectivity index (χ1v) is 7.28. The highest BCUT2D eigenvalue weighted by Crippen LogP contribution is 2.24. The quantitative estimate of drug-likeness (QED) is 0.778. The van der Waals surface area contributed by atoms with E-state index in [0.717, 1.165) is 6.42 Å². The van der Waals surface area contributed by atoms with Crippen molar-refractivity contribution in [1.29, 1.82) is 0 Å². The minimum atomic E-state index is 0.338. The number of thiazole rings is 1. The molecule has 3 rings (SSSR count). The molecular formula is C16H16N2S. The predicted octanol–water partition coefficient (Wildman–Crippen LogP) is 3.80. The van der Waals surface area contributed by atoms with E-state index in [0.29, 0.717) is 6.04 Å². The zero-order valence-corrected chi connectivity index (χ0v) is 11.7. The molecule has 0 saturated heterocycles. The molecular weight excluding hydrogens is 252 g/mol. The van der Waals surface area contributed by atoms with Crippen molar-refractivity contribution in [3.63, 3.8) is 0 Å². The van der Waals surface area contributed by atoms with Gasteiger partial charge in [0.25, 0.3) is 0 Å². The molecule has 1 heterocycles. The number of likely N-dealkylation sites (N-methyl/N-ethyl adjacent to an activating group) is 1. The SMILES string of the molecule is CNC(Cc1cncs1)c1ccc2ccccc2c1. The van der Waals surface area contributed by atoms with Gasteiger partial charge in [-0.05, 0) is 29.4 Å². The summed E-state index contributed by atoms with van der Waals surface area (Å²) >= 11 is 1.71. The van der Waals surface area contributed by atoms with Crippen molar-refractivity contribution in [1.82, 2.24) is 10.3 Å². The van der Waals surface area contributed by atoms with E-state index in [-0.39, 0.29) is 0 Å². The summed E-state index contributed by atoms with van der Waals surface area (Å²) in [4.78, 5) is 5.46. The maximum Gasteiger partial charge on any atom is 0.0794 e. The first-order valence-electron chi connectivity index (χ1n) is 6.40. The predicted molar refractivity (Wildman–Crippen MR) is 81.6 cm³/mol. The molecule has 19 heavy (non-hydrogen) atoms. The number of fused-ring (bicyclic) bond motifs is 1. The second-order valence-electron chi connectivity index (χ2n) is 4.62. The van der Waals surface area contributed by atoms with Crippen molar-refractivity contribution in [2.75, 3.05) is 7.05 Å². The molecule has 0 aliphatic rings. The van der Waals surface area contributed by atoms with Crippen LogP contribution in [0.1, 0.15) is 16.5 Å². The maximum absolute atomic E-state index is 4.14. The highest BCUT2D eigenvalue weighted by molar-refractivity contribution is 7.09. The number of hydrogen-bond donors (Lipinski definition) is 1. The van der Waals surface area contributed by atoms with Gasteiger partial charge in [-0.25, -0.2) is 0 Å². The van der Waals surface area contributed by atoms with Crippen LogP contribution < -0.4 is 5.32 Å². The molecule has 2 aromatic carbocycles. The Bertz CT molecular complexity index is 661. The average Bonchev–Trinajstić information content (AvgIpc) is 2.97. The Hall–Kier alpha value is -1.71. The average molecular weight is 268 g/mol. The van der Waals surface area contributed by atoms with Crippen molar-refractivity contribution in [3.05, 3.63) is 64.6 Å². The molecule has 0 radical (unpaired) electrons. The summed E-state index contributed by atoms with van der Waals surface area (Å²) in [5.74, 6) is 0. The summed E-state index contributed by atoms with van der Waals surface area (Å²) in [7, 11) is 2.01. The summed E-state index contributed by atoms with van der Waals surface area (Å²) < 4.78 is 0. The van der Waals surface area contributed by atoms with Crippen LogP contribution in [0.4, 0.5) is 0 Å². The normalized spacial score (nSPS) is 12.7. The van der Waals surface area contributed by atoms with E-state index in [1.54, 1.807) is 11.3 Å². The maximum atomic E-state index is 4.14. The molecule has 2 nitrogen and oxygen atoms in total. The first kappa shape index (κ1) is 12.3. The molecule has 3 heteroatoms. The third-order valence-electron chi connectivity index (χ3n) is 3.41. The summed E-state index contributed by atoms with van der Waals surface area (Å²) in [6.07, 6.45) is 2.94. The summed E-state index contributed by atoms with van der Waals surface area (Å²) in [5.41, 5.74) is 3.22. The third-order valence-corrected chi connectivity index (χ3v) is 4.22. The lowest BCUT2D eigenvalue weighted by Crippen LogP contribution is -2.18. The third kappa shape index (κ3) is 2.67. The molecule has 3 aromatic rings. The Labute approximate surface area is 117 Å². The van der Waals surface area contributed by atoms with Crippen LogP contribution in [0, 0.1) is 0 Å². The van der Waals surface area contributed by atoms with Gasteiger partial charge < -0.3 is 5.32 Å². The van der Waals surface area contributed by atoms with Gasteiger partial charge in [-0.1, -0.05) is 36.4 Å². The van der Waals surface area contributed by atoms with Gasteiger partial charge in [0.15, 0.2) is 0 Å². The lowest BCUT2D eigenvalue weighted by Gasteiger charge is -2.16. The molecule has 0 spiro atoms. The van der Waals surface area contributed by atoms with E-state index in [1.807, 2.05) is 18.8 Å². The lowest BCUT2D eigenvalue weighted by molar-refractivity contribution is 0.597. The van der Waals surface area contributed by atoms with Crippen molar-refractivity contribution >= 4 is 22.1 Å². The zero-order valence-electron chi connectivity index (χ0n) is 10.8.